The fraction of sp³-hybridized carbons (Fsp3) is 0.500. The summed E-state index contributed by atoms with van der Waals surface area (Å²) in [4.78, 5) is 0. The van der Waals surface area contributed by atoms with Crippen LogP contribution in [0.4, 0.5) is 0 Å². The Balaban J connectivity index is 1.98. The quantitative estimate of drug-likeness (QED) is 0.891. The van der Waals surface area contributed by atoms with Gasteiger partial charge in [0.15, 0.2) is 0 Å². The van der Waals surface area contributed by atoms with Crippen molar-refractivity contribution in [2.24, 2.45) is 0 Å². The second kappa shape index (κ2) is 6.19. The summed E-state index contributed by atoms with van der Waals surface area (Å²) >= 11 is 13.8. The zero-order chi connectivity index (χ0) is 12.3. The van der Waals surface area contributed by atoms with E-state index in [1.165, 1.54) is 24.3 Å². The first-order valence-corrected chi connectivity index (χ1v) is 7.56. The molecular weight excluding hydrogens is 277 g/mol. The Hall–Kier alpha value is -0.0900. The van der Waals surface area contributed by atoms with Gasteiger partial charge in [0.1, 0.15) is 5.75 Å². The van der Waals surface area contributed by atoms with Gasteiger partial charge in [0.05, 0.1) is 5.02 Å². The number of thioether (sulfide) groups is 1. The molecule has 5 heteroatoms. The normalized spacial score (nSPS) is 17.3. The lowest BCUT2D eigenvalue weighted by molar-refractivity contribution is 0.447. The molecule has 2 N–H and O–H groups in total. The second-order valence-corrected chi connectivity index (χ2v) is 6.23. The first-order chi connectivity index (χ1) is 8.16. The minimum Gasteiger partial charge on any atom is -0.506 e. The van der Waals surface area contributed by atoms with E-state index in [-0.39, 0.29) is 5.75 Å². The monoisotopic (exact) mass is 291 g/mol. The summed E-state index contributed by atoms with van der Waals surface area (Å²) < 4.78 is 0. The molecule has 1 heterocycles. The maximum atomic E-state index is 9.82. The lowest BCUT2D eigenvalue weighted by Crippen LogP contribution is -2.32. The maximum absolute atomic E-state index is 9.82. The van der Waals surface area contributed by atoms with Crippen molar-refractivity contribution in [2.45, 2.75) is 25.4 Å². The van der Waals surface area contributed by atoms with Crippen LogP contribution in [-0.4, -0.2) is 22.7 Å². The van der Waals surface area contributed by atoms with Crippen molar-refractivity contribution < 1.29 is 5.11 Å². The highest BCUT2D eigenvalue weighted by Crippen LogP contribution is 2.31. The summed E-state index contributed by atoms with van der Waals surface area (Å²) in [6, 6.07) is 3.85. The molecule has 0 saturated carbocycles. The summed E-state index contributed by atoms with van der Waals surface area (Å²) in [5, 5.41) is 14.1. The number of nitrogens with one attached hydrogen (secondary N) is 1. The lowest BCUT2D eigenvalue weighted by atomic mass is 10.1. The van der Waals surface area contributed by atoms with Crippen LogP contribution in [0.1, 0.15) is 18.4 Å². The molecule has 0 aliphatic carbocycles. The molecule has 0 bridgehead atoms. The van der Waals surface area contributed by atoms with Crippen LogP contribution in [0, 0.1) is 0 Å². The van der Waals surface area contributed by atoms with E-state index >= 15 is 0 Å². The van der Waals surface area contributed by atoms with Gasteiger partial charge in [0, 0.05) is 23.2 Å². The number of hydrogen-bond donors (Lipinski definition) is 2. The van der Waals surface area contributed by atoms with Crippen LogP contribution in [0.3, 0.4) is 0 Å². The number of phenols is 1. The molecule has 0 unspecified atom stereocenters. The summed E-state index contributed by atoms with van der Waals surface area (Å²) in [5.74, 6) is 2.55. The van der Waals surface area contributed by atoms with Gasteiger partial charge in [0.25, 0.3) is 0 Å². The van der Waals surface area contributed by atoms with Gasteiger partial charge < -0.3 is 10.4 Å². The summed E-state index contributed by atoms with van der Waals surface area (Å²) in [6.07, 6.45) is 2.36. The Labute approximate surface area is 116 Å². The highest BCUT2D eigenvalue weighted by molar-refractivity contribution is 7.99. The summed E-state index contributed by atoms with van der Waals surface area (Å²) in [7, 11) is 0. The molecule has 0 spiro atoms. The Morgan fingerprint density at radius 1 is 1.29 bits per heavy atom. The van der Waals surface area contributed by atoms with Crippen LogP contribution in [0.5, 0.6) is 5.75 Å². The average Bonchev–Trinajstić information content (AvgIpc) is 2.33. The average molecular weight is 292 g/mol. The number of hydrogen-bond acceptors (Lipinski definition) is 3. The van der Waals surface area contributed by atoms with Crippen molar-refractivity contribution >= 4 is 35.0 Å². The van der Waals surface area contributed by atoms with Crippen molar-refractivity contribution in [3.8, 4) is 5.75 Å². The van der Waals surface area contributed by atoms with Crippen LogP contribution in [0.25, 0.3) is 0 Å². The minimum atomic E-state index is 0.133. The van der Waals surface area contributed by atoms with Crippen molar-refractivity contribution in [2.75, 3.05) is 11.5 Å². The zero-order valence-corrected chi connectivity index (χ0v) is 11.7. The summed E-state index contributed by atoms with van der Waals surface area (Å²) in [6.45, 7) is 0.613. The molecule has 0 atom stereocenters. The Bertz CT molecular complexity index is 394. The standard InChI is InChI=1S/C12H15Cl2NOS/c13-9-5-8(12(16)11(14)6-9)7-15-10-1-3-17-4-2-10/h5-6,10,15-16H,1-4,7H2. The van der Waals surface area contributed by atoms with Gasteiger partial charge in [-0.25, -0.2) is 0 Å². The smallest absolute Gasteiger partial charge is 0.138 e. The molecule has 0 amide bonds. The van der Waals surface area contributed by atoms with Crippen molar-refractivity contribution in [3.63, 3.8) is 0 Å². The van der Waals surface area contributed by atoms with Crippen molar-refractivity contribution in [1.29, 1.82) is 0 Å². The topological polar surface area (TPSA) is 32.3 Å². The van der Waals surface area contributed by atoms with E-state index in [2.05, 4.69) is 5.32 Å². The van der Waals surface area contributed by atoms with Gasteiger partial charge in [-0.3, -0.25) is 0 Å². The van der Waals surface area contributed by atoms with E-state index in [9.17, 15) is 5.11 Å². The molecular formula is C12H15Cl2NOS. The van der Waals surface area contributed by atoms with Crippen LogP contribution in [0.2, 0.25) is 10.0 Å². The SMILES string of the molecule is Oc1c(Cl)cc(Cl)cc1CNC1CCSCC1. The third-order valence-corrected chi connectivity index (χ3v) is 4.46. The number of benzene rings is 1. The van der Waals surface area contributed by atoms with Crippen LogP contribution in [0.15, 0.2) is 12.1 Å². The third-order valence-electron chi connectivity index (χ3n) is 2.91. The lowest BCUT2D eigenvalue weighted by Gasteiger charge is -2.23. The van der Waals surface area contributed by atoms with E-state index in [4.69, 9.17) is 23.2 Å². The van der Waals surface area contributed by atoms with E-state index in [1.807, 2.05) is 11.8 Å². The fourth-order valence-corrected chi connectivity index (χ4v) is 3.55. The molecule has 1 saturated heterocycles. The van der Waals surface area contributed by atoms with Crippen molar-refractivity contribution in [3.05, 3.63) is 27.7 Å². The highest BCUT2D eigenvalue weighted by Gasteiger charge is 2.14. The van der Waals surface area contributed by atoms with E-state index in [0.717, 1.165) is 5.56 Å². The first-order valence-electron chi connectivity index (χ1n) is 5.65. The first kappa shape index (κ1) is 13.3. The Morgan fingerprint density at radius 2 is 2.00 bits per heavy atom. The van der Waals surface area contributed by atoms with E-state index in [1.54, 1.807) is 12.1 Å². The maximum Gasteiger partial charge on any atom is 0.138 e. The molecule has 94 valence electrons. The molecule has 2 rings (SSSR count). The predicted molar refractivity (Wildman–Crippen MR) is 75.3 cm³/mol. The molecule has 0 radical (unpaired) electrons. The van der Waals surface area contributed by atoms with E-state index in [0.29, 0.717) is 22.6 Å². The molecule has 1 aromatic rings. The zero-order valence-electron chi connectivity index (χ0n) is 9.38. The number of rotatable bonds is 3. The Kier molecular flexibility index (Phi) is 4.86. The molecule has 1 aromatic carbocycles. The Morgan fingerprint density at radius 3 is 2.71 bits per heavy atom. The van der Waals surface area contributed by atoms with Crippen LogP contribution < -0.4 is 5.32 Å². The number of aromatic hydroxyl groups is 1. The van der Waals surface area contributed by atoms with Gasteiger partial charge in [0.2, 0.25) is 0 Å². The van der Waals surface area contributed by atoms with Crippen LogP contribution >= 0.6 is 35.0 Å². The van der Waals surface area contributed by atoms with Gasteiger partial charge in [-0.05, 0) is 36.5 Å². The molecule has 1 fully saturated rings. The fourth-order valence-electron chi connectivity index (χ4n) is 1.91. The third kappa shape index (κ3) is 3.68. The minimum absolute atomic E-state index is 0.133. The van der Waals surface area contributed by atoms with Gasteiger partial charge in [-0.1, -0.05) is 23.2 Å². The number of phenolic OH excluding ortho intramolecular Hbond substituents is 1. The molecule has 17 heavy (non-hydrogen) atoms. The summed E-state index contributed by atoms with van der Waals surface area (Å²) in [5.41, 5.74) is 0.765. The molecule has 0 aromatic heterocycles. The number of halogens is 2. The molecule has 2 nitrogen and oxygen atoms in total. The van der Waals surface area contributed by atoms with Gasteiger partial charge in [-0.2, -0.15) is 11.8 Å². The van der Waals surface area contributed by atoms with E-state index < -0.39 is 0 Å². The van der Waals surface area contributed by atoms with Crippen molar-refractivity contribution in [1.82, 2.24) is 5.32 Å². The largest absolute Gasteiger partial charge is 0.506 e. The molecule has 1 aliphatic heterocycles. The van der Waals surface area contributed by atoms with Crippen LogP contribution in [-0.2, 0) is 6.54 Å². The molecule has 1 aliphatic rings. The second-order valence-electron chi connectivity index (χ2n) is 4.16. The highest BCUT2D eigenvalue weighted by atomic mass is 35.5. The van der Waals surface area contributed by atoms with Gasteiger partial charge >= 0.3 is 0 Å². The predicted octanol–water partition coefficient (Wildman–Crippen LogP) is 3.68. The van der Waals surface area contributed by atoms with Gasteiger partial charge in [-0.15, -0.1) is 0 Å².